The summed E-state index contributed by atoms with van der Waals surface area (Å²) in [4.78, 5) is 12.5. The van der Waals surface area contributed by atoms with Gasteiger partial charge in [0, 0.05) is 30.4 Å². The van der Waals surface area contributed by atoms with Gasteiger partial charge in [-0.2, -0.15) is 11.8 Å². The summed E-state index contributed by atoms with van der Waals surface area (Å²) in [6.07, 6.45) is 4.39. The number of ketones is 1. The van der Waals surface area contributed by atoms with E-state index < -0.39 is 0 Å². The first-order chi connectivity index (χ1) is 10.2. The minimum Gasteiger partial charge on any atom is -0.399 e. The number of Topliss-reactive ketones (excluding diaryl/α,β-unsaturated/α-hetero) is 1. The van der Waals surface area contributed by atoms with E-state index >= 15 is 0 Å². The molecule has 2 aliphatic rings. The normalized spacial score (nSPS) is 28.9. The first kappa shape index (κ1) is 14.9. The molecule has 2 fully saturated rings. The van der Waals surface area contributed by atoms with Gasteiger partial charge >= 0.3 is 0 Å². The third-order valence-corrected chi connectivity index (χ3v) is 5.88. The second-order valence-corrected chi connectivity index (χ2v) is 7.34. The molecule has 2 heterocycles. The van der Waals surface area contributed by atoms with Gasteiger partial charge < -0.3 is 10.5 Å². The average molecular weight is 305 g/mol. The van der Waals surface area contributed by atoms with Crippen molar-refractivity contribution < 1.29 is 9.53 Å². The lowest BCUT2D eigenvalue weighted by Gasteiger charge is -2.37. The topological polar surface area (TPSA) is 52.3 Å². The van der Waals surface area contributed by atoms with Gasteiger partial charge in [0.2, 0.25) is 0 Å². The minimum absolute atomic E-state index is 0.00441. The zero-order chi connectivity index (χ0) is 14.7. The second-order valence-electron chi connectivity index (χ2n) is 6.23. The second kappa shape index (κ2) is 6.41. The number of thioether (sulfide) groups is 1. The fourth-order valence-electron chi connectivity index (χ4n) is 3.32. The van der Waals surface area contributed by atoms with Crippen LogP contribution in [0.4, 0.5) is 5.69 Å². The van der Waals surface area contributed by atoms with Crippen LogP contribution in [0.5, 0.6) is 0 Å². The average Bonchev–Trinajstić information content (AvgIpc) is 2.94. The quantitative estimate of drug-likeness (QED) is 0.869. The number of carbonyl (C=O) groups is 1. The van der Waals surface area contributed by atoms with E-state index in [-0.39, 0.29) is 11.5 Å². The molecule has 3 rings (SSSR count). The Labute approximate surface area is 130 Å². The fraction of sp³-hybridized carbons (Fsp3) is 0.588. The molecule has 2 saturated heterocycles. The number of carbonyl (C=O) groups excluding carboxylic acids is 1. The Morgan fingerprint density at radius 3 is 2.90 bits per heavy atom. The number of benzene rings is 1. The fourth-order valence-corrected chi connectivity index (χ4v) is 4.70. The van der Waals surface area contributed by atoms with E-state index in [4.69, 9.17) is 10.5 Å². The van der Waals surface area contributed by atoms with Gasteiger partial charge in [-0.1, -0.05) is 12.1 Å². The maximum atomic E-state index is 12.5. The van der Waals surface area contributed by atoms with Crippen LogP contribution in [0.3, 0.4) is 0 Å². The van der Waals surface area contributed by atoms with Crippen LogP contribution in [0.2, 0.25) is 0 Å². The van der Waals surface area contributed by atoms with Crippen molar-refractivity contribution in [2.24, 2.45) is 5.92 Å². The summed E-state index contributed by atoms with van der Waals surface area (Å²) in [5, 5.41) is 0. The van der Waals surface area contributed by atoms with Gasteiger partial charge in [-0.3, -0.25) is 4.79 Å². The molecule has 0 aliphatic carbocycles. The first-order valence-corrected chi connectivity index (χ1v) is 8.91. The van der Waals surface area contributed by atoms with Crippen molar-refractivity contribution in [3.8, 4) is 0 Å². The molecular formula is C17H23NO2S. The molecule has 2 aliphatic heterocycles. The molecule has 0 saturated carbocycles. The van der Waals surface area contributed by atoms with Crippen molar-refractivity contribution in [1.29, 1.82) is 0 Å². The SMILES string of the molecule is Nc1ccc(CCC(=O)C2CCOC3(CCSC3)C2)cc1. The van der Waals surface area contributed by atoms with Gasteiger partial charge in [0.1, 0.15) is 5.78 Å². The summed E-state index contributed by atoms with van der Waals surface area (Å²) < 4.78 is 6.00. The van der Waals surface area contributed by atoms with E-state index in [1.54, 1.807) is 0 Å². The number of nitrogen functional groups attached to an aromatic ring is 1. The monoisotopic (exact) mass is 305 g/mol. The highest BCUT2D eigenvalue weighted by molar-refractivity contribution is 7.99. The maximum absolute atomic E-state index is 12.5. The Morgan fingerprint density at radius 2 is 2.19 bits per heavy atom. The third kappa shape index (κ3) is 3.61. The van der Waals surface area contributed by atoms with Crippen LogP contribution in [-0.2, 0) is 16.0 Å². The van der Waals surface area contributed by atoms with Crippen molar-refractivity contribution in [3.05, 3.63) is 29.8 Å². The molecule has 0 amide bonds. The number of aryl methyl sites for hydroxylation is 1. The molecule has 2 unspecified atom stereocenters. The zero-order valence-corrected chi connectivity index (χ0v) is 13.2. The number of nitrogens with two attached hydrogens (primary N) is 1. The van der Waals surface area contributed by atoms with Crippen molar-refractivity contribution in [1.82, 2.24) is 0 Å². The molecule has 21 heavy (non-hydrogen) atoms. The summed E-state index contributed by atoms with van der Waals surface area (Å²) in [7, 11) is 0. The first-order valence-electron chi connectivity index (χ1n) is 7.76. The predicted molar refractivity (Wildman–Crippen MR) is 87.5 cm³/mol. The number of rotatable bonds is 4. The highest BCUT2D eigenvalue weighted by Gasteiger charge is 2.42. The molecular weight excluding hydrogens is 282 g/mol. The van der Waals surface area contributed by atoms with Crippen molar-refractivity contribution in [2.45, 2.75) is 37.7 Å². The van der Waals surface area contributed by atoms with E-state index in [9.17, 15) is 4.79 Å². The van der Waals surface area contributed by atoms with E-state index in [2.05, 4.69) is 0 Å². The van der Waals surface area contributed by atoms with Crippen molar-refractivity contribution >= 4 is 23.2 Å². The zero-order valence-electron chi connectivity index (χ0n) is 12.3. The lowest BCUT2D eigenvalue weighted by atomic mass is 9.82. The molecule has 2 atom stereocenters. The molecule has 0 bridgehead atoms. The van der Waals surface area contributed by atoms with E-state index in [0.29, 0.717) is 12.2 Å². The van der Waals surface area contributed by atoms with Crippen LogP contribution in [0, 0.1) is 5.92 Å². The molecule has 1 spiro atoms. The Balaban J connectivity index is 1.54. The molecule has 2 N–H and O–H groups in total. The Kier molecular flexibility index (Phi) is 4.55. The molecule has 4 heteroatoms. The van der Waals surface area contributed by atoms with Gasteiger partial charge in [-0.15, -0.1) is 0 Å². The number of hydrogen-bond acceptors (Lipinski definition) is 4. The maximum Gasteiger partial charge on any atom is 0.136 e. The highest BCUT2D eigenvalue weighted by atomic mass is 32.2. The highest BCUT2D eigenvalue weighted by Crippen LogP contribution is 2.40. The number of ether oxygens (including phenoxy) is 1. The lowest BCUT2D eigenvalue weighted by molar-refractivity contribution is -0.134. The van der Waals surface area contributed by atoms with Crippen LogP contribution >= 0.6 is 11.8 Å². The molecule has 0 radical (unpaired) electrons. The predicted octanol–water partition coefficient (Wildman–Crippen LogP) is 3.07. The summed E-state index contributed by atoms with van der Waals surface area (Å²) in [6.45, 7) is 0.749. The molecule has 1 aromatic rings. The third-order valence-electron chi connectivity index (χ3n) is 4.66. The van der Waals surface area contributed by atoms with E-state index in [1.165, 1.54) is 11.3 Å². The number of anilines is 1. The standard InChI is InChI=1S/C17H23NO2S/c18-15-4-1-13(2-5-15)3-6-16(19)14-7-9-20-17(11-14)8-10-21-12-17/h1-2,4-5,14H,3,6-12,18H2. The Hall–Kier alpha value is -1.00. The smallest absolute Gasteiger partial charge is 0.136 e. The summed E-state index contributed by atoms with van der Waals surface area (Å²) >= 11 is 1.96. The number of hydrogen-bond donors (Lipinski definition) is 1. The van der Waals surface area contributed by atoms with Crippen LogP contribution in [0.25, 0.3) is 0 Å². The van der Waals surface area contributed by atoms with Gasteiger partial charge in [-0.05, 0) is 49.1 Å². The van der Waals surface area contributed by atoms with E-state index in [1.807, 2.05) is 36.0 Å². The molecule has 3 nitrogen and oxygen atoms in total. The summed E-state index contributed by atoms with van der Waals surface area (Å²) in [5.74, 6) is 2.85. The van der Waals surface area contributed by atoms with Gasteiger partial charge in [0.15, 0.2) is 0 Å². The van der Waals surface area contributed by atoms with Gasteiger partial charge in [-0.25, -0.2) is 0 Å². The lowest BCUT2D eigenvalue weighted by Crippen LogP contribution is -2.42. The van der Waals surface area contributed by atoms with Crippen LogP contribution in [0.15, 0.2) is 24.3 Å². The summed E-state index contributed by atoms with van der Waals surface area (Å²) in [6, 6.07) is 7.83. The minimum atomic E-state index is 0.00441. The molecule has 0 aromatic heterocycles. The Morgan fingerprint density at radius 1 is 1.38 bits per heavy atom. The molecule has 114 valence electrons. The van der Waals surface area contributed by atoms with Crippen molar-refractivity contribution in [2.75, 3.05) is 23.8 Å². The van der Waals surface area contributed by atoms with Crippen LogP contribution in [-0.4, -0.2) is 29.5 Å². The van der Waals surface area contributed by atoms with Gasteiger partial charge in [0.05, 0.1) is 5.60 Å². The molecule has 1 aromatic carbocycles. The van der Waals surface area contributed by atoms with E-state index in [0.717, 1.165) is 43.7 Å². The van der Waals surface area contributed by atoms with Crippen LogP contribution in [0.1, 0.15) is 31.2 Å². The van der Waals surface area contributed by atoms with Crippen LogP contribution < -0.4 is 5.73 Å². The largest absolute Gasteiger partial charge is 0.399 e. The Bertz CT molecular complexity index is 494. The van der Waals surface area contributed by atoms with Gasteiger partial charge in [0.25, 0.3) is 0 Å². The van der Waals surface area contributed by atoms with Crippen molar-refractivity contribution in [3.63, 3.8) is 0 Å². The summed E-state index contributed by atoms with van der Waals surface area (Å²) in [5.41, 5.74) is 7.65.